The van der Waals surface area contributed by atoms with Crippen LogP contribution in [0.5, 0.6) is 5.75 Å². The number of para-hydroxylation sites is 1. The molecule has 0 saturated heterocycles. The van der Waals surface area contributed by atoms with Gasteiger partial charge in [-0.25, -0.2) is 0 Å². The van der Waals surface area contributed by atoms with E-state index < -0.39 is 0 Å². The summed E-state index contributed by atoms with van der Waals surface area (Å²) in [5, 5.41) is 9.15. The second-order valence-electron chi connectivity index (χ2n) is 2.10. The Balaban J connectivity index is 2.21. The molecule has 12 heavy (non-hydrogen) atoms. The zero-order chi connectivity index (χ0) is 8.65. The molecule has 0 saturated carbocycles. The number of rotatable bonds is 4. The normalized spacial score (nSPS) is 8.92. The van der Waals surface area contributed by atoms with Gasteiger partial charge in [-0.05, 0) is 0 Å². The molecule has 0 atom stereocenters. The molecule has 0 N–H and O–H groups in total. The summed E-state index contributed by atoms with van der Waals surface area (Å²) in [6.07, 6.45) is 0. The van der Waals surface area contributed by atoms with E-state index in [4.69, 9.17) is 10.00 Å². The monoisotopic (exact) mass is 227 g/mol. The molecule has 2 nitrogen and oxygen atoms in total. The van der Waals surface area contributed by atoms with Crippen LogP contribution in [0.1, 0.15) is 0 Å². The first kappa shape index (κ1) is 9.12. The van der Waals surface area contributed by atoms with Gasteiger partial charge in [-0.1, -0.05) is 0 Å². The van der Waals surface area contributed by atoms with Crippen molar-refractivity contribution in [1.82, 2.24) is 0 Å². The van der Waals surface area contributed by atoms with Gasteiger partial charge in [-0.2, -0.15) is 0 Å². The van der Waals surface area contributed by atoms with Gasteiger partial charge < -0.3 is 0 Å². The minimum absolute atomic E-state index is 0.0782. The molecule has 0 heterocycles. The van der Waals surface area contributed by atoms with Crippen LogP contribution in [-0.2, 0) is 0 Å². The molecule has 0 amide bonds. The topological polar surface area (TPSA) is 33.0 Å². The Morgan fingerprint density at radius 3 is 2.75 bits per heavy atom. The third-order valence-electron chi connectivity index (χ3n) is 1.26. The van der Waals surface area contributed by atoms with E-state index in [-0.39, 0.29) is 15.0 Å². The average molecular weight is 226 g/mol. The van der Waals surface area contributed by atoms with E-state index in [1.165, 1.54) is 0 Å². The third kappa shape index (κ3) is 3.43. The van der Waals surface area contributed by atoms with E-state index in [2.05, 4.69) is 4.97 Å². The Labute approximate surface area is 78.3 Å². The van der Waals surface area contributed by atoms with Crippen molar-refractivity contribution in [3.63, 3.8) is 0 Å². The first-order chi connectivity index (χ1) is 5.93. The summed E-state index contributed by atoms with van der Waals surface area (Å²) in [6, 6.07) is 9.65. The van der Waals surface area contributed by atoms with Gasteiger partial charge in [-0.15, -0.1) is 0 Å². The van der Waals surface area contributed by atoms with Crippen molar-refractivity contribution in [1.29, 1.82) is 5.26 Å². The fourth-order valence-electron chi connectivity index (χ4n) is 0.764. The predicted octanol–water partition coefficient (Wildman–Crippen LogP) is 1.67. The molecule has 0 aromatic heterocycles. The van der Waals surface area contributed by atoms with Crippen LogP contribution in [0.15, 0.2) is 30.3 Å². The Bertz CT molecular complexity index is 255. The Hall–Kier alpha value is -0.971. The van der Waals surface area contributed by atoms with Gasteiger partial charge in [-0.3, -0.25) is 0 Å². The fourth-order valence-corrected chi connectivity index (χ4v) is 1.30. The fraction of sp³-hybridized carbons (Fsp3) is 0.222. The average Bonchev–Trinajstić information content (AvgIpc) is 2.14. The summed E-state index contributed by atoms with van der Waals surface area (Å²) < 4.78 is 5.37. The van der Waals surface area contributed by atoms with Crippen molar-refractivity contribution >= 4 is 15.0 Å². The summed E-state index contributed by atoms with van der Waals surface area (Å²) in [5.41, 5.74) is 0. The van der Waals surface area contributed by atoms with Crippen molar-refractivity contribution in [3.8, 4) is 10.7 Å². The van der Waals surface area contributed by atoms with Crippen LogP contribution in [0.3, 0.4) is 0 Å². The maximum absolute atomic E-state index is 8.29. The van der Waals surface area contributed by atoms with Gasteiger partial charge >= 0.3 is 77.9 Å². The van der Waals surface area contributed by atoms with Crippen LogP contribution in [0.2, 0.25) is 5.32 Å². The number of nitriles is 1. The molecule has 1 aromatic carbocycles. The van der Waals surface area contributed by atoms with Crippen molar-refractivity contribution in [2.24, 2.45) is 0 Å². The third-order valence-corrected chi connectivity index (χ3v) is 2.31. The van der Waals surface area contributed by atoms with E-state index >= 15 is 0 Å². The van der Waals surface area contributed by atoms with Gasteiger partial charge in [0.2, 0.25) is 0 Å². The van der Waals surface area contributed by atoms with Gasteiger partial charge in [0.15, 0.2) is 0 Å². The zero-order valence-corrected chi connectivity index (χ0v) is 8.28. The quantitative estimate of drug-likeness (QED) is 0.578. The standard InChI is InChI=1S/C9H9NOSe/c10-8-12-7-6-11-9-4-2-1-3-5-9/h1-5H,6-7H2. The van der Waals surface area contributed by atoms with E-state index in [9.17, 15) is 0 Å². The summed E-state index contributed by atoms with van der Waals surface area (Å²) in [5.74, 6) is 0.881. The molecular weight excluding hydrogens is 217 g/mol. The Morgan fingerprint density at radius 2 is 2.08 bits per heavy atom. The van der Waals surface area contributed by atoms with Gasteiger partial charge in [0, 0.05) is 0 Å². The predicted molar refractivity (Wildman–Crippen MR) is 48.1 cm³/mol. The molecule has 0 aliphatic heterocycles. The molecule has 0 radical (unpaired) electrons. The molecule has 1 rings (SSSR count). The summed E-state index contributed by atoms with van der Waals surface area (Å²) >= 11 is 0.0782. The summed E-state index contributed by atoms with van der Waals surface area (Å²) in [7, 11) is 0. The van der Waals surface area contributed by atoms with Crippen molar-refractivity contribution < 1.29 is 4.74 Å². The first-order valence-electron chi connectivity index (χ1n) is 3.62. The molecule has 0 fully saturated rings. The van der Waals surface area contributed by atoms with E-state index in [0.29, 0.717) is 6.61 Å². The summed E-state index contributed by atoms with van der Waals surface area (Å²) in [6.45, 7) is 0.650. The van der Waals surface area contributed by atoms with Crippen molar-refractivity contribution in [2.75, 3.05) is 6.61 Å². The molecule has 62 valence electrons. The Kier molecular flexibility index (Phi) is 4.29. The second-order valence-corrected chi connectivity index (χ2v) is 3.95. The van der Waals surface area contributed by atoms with Crippen LogP contribution < -0.4 is 4.74 Å². The molecule has 3 heteroatoms. The van der Waals surface area contributed by atoms with Crippen LogP contribution in [0.4, 0.5) is 0 Å². The summed E-state index contributed by atoms with van der Waals surface area (Å²) in [4.78, 5) is 2.14. The van der Waals surface area contributed by atoms with Gasteiger partial charge in [0.05, 0.1) is 0 Å². The SMILES string of the molecule is N#C[Se]CCOc1ccccc1. The zero-order valence-electron chi connectivity index (χ0n) is 6.56. The van der Waals surface area contributed by atoms with Crippen LogP contribution >= 0.6 is 0 Å². The molecule has 0 spiro atoms. The molecule has 0 aliphatic rings. The number of nitrogens with zero attached hydrogens (tertiary/aromatic N) is 1. The molecule has 0 unspecified atom stereocenters. The molecule has 0 bridgehead atoms. The van der Waals surface area contributed by atoms with Crippen molar-refractivity contribution in [2.45, 2.75) is 5.32 Å². The van der Waals surface area contributed by atoms with Gasteiger partial charge in [0.1, 0.15) is 0 Å². The van der Waals surface area contributed by atoms with E-state index in [1.54, 1.807) is 0 Å². The number of hydrogen-bond acceptors (Lipinski definition) is 2. The first-order valence-corrected chi connectivity index (χ1v) is 5.69. The minimum atomic E-state index is 0.0782. The molecule has 1 aromatic rings. The van der Waals surface area contributed by atoms with Crippen LogP contribution in [-0.4, -0.2) is 21.6 Å². The molecular formula is C9H9NOSe. The van der Waals surface area contributed by atoms with Gasteiger partial charge in [0.25, 0.3) is 0 Å². The number of hydrogen-bond donors (Lipinski definition) is 0. The van der Waals surface area contributed by atoms with Crippen LogP contribution in [0.25, 0.3) is 0 Å². The van der Waals surface area contributed by atoms with E-state index in [1.807, 2.05) is 30.3 Å². The second kappa shape index (κ2) is 5.65. The number of ether oxygens (including phenoxy) is 1. The Morgan fingerprint density at radius 1 is 1.33 bits per heavy atom. The maximum atomic E-state index is 8.29. The van der Waals surface area contributed by atoms with Crippen molar-refractivity contribution in [3.05, 3.63) is 30.3 Å². The van der Waals surface area contributed by atoms with E-state index in [0.717, 1.165) is 11.1 Å². The molecule has 0 aliphatic carbocycles. The van der Waals surface area contributed by atoms with Crippen LogP contribution in [0, 0.1) is 10.2 Å². The number of benzene rings is 1.